The van der Waals surface area contributed by atoms with E-state index in [1.165, 1.54) is 24.1 Å². The second-order valence-electron chi connectivity index (χ2n) is 9.52. The van der Waals surface area contributed by atoms with Crippen molar-refractivity contribution in [3.63, 3.8) is 0 Å². The van der Waals surface area contributed by atoms with Gasteiger partial charge in [-0.1, -0.05) is 32.3 Å². The molecule has 3 heterocycles. The number of thiophene rings is 1. The lowest BCUT2D eigenvalue weighted by molar-refractivity contribution is -0.142. The lowest BCUT2D eigenvalue weighted by atomic mass is 9.88. The first-order valence-corrected chi connectivity index (χ1v) is 12.9. The summed E-state index contributed by atoms with van der Waals surface area (Å²) in [5.74, 6) is 1.20. The summed E-state index contributed by atoms with van der Waals surface area (Å²) in [6, 6.07) is 4.26. The molecule has 5 nitrogen and oxygen atoms in total. The fourth-order valence-electron chi connectivity index (χ4n) is 5.43. The summed E-state index contributed by atoms with van der Waals surface area (Å²) in [5, 5.41) is 5.36. The number of piperidine rings is 1. The van der Waals surface area contributed by atoms with Crippen LogP contribution < -0.4 is 5.32 Å². The normalized spacial score (nSPS) is 25.4. The summed E-state index contributed by atoms with van der Waals surface area (Å²) in [7, 11) is 0. The van der Waals surface area contributed by atoms with E-state index >= 15 is 0 Å². The Hall–Kier alpha value is -1.40. The molecule has 2 aliphatic heterocycles. The summed E-state index contributed by atoms with van der Waals surface area (Å²) in [6.07, 6.45) is 9.73. The molecule has 1 saturated carbocycles. The molecule has 166 valence electrons. The monoisotopic (exact) mass is 431 g/mol. The van der Waals surface area contributed by atoms with Crippen molar-refractivity contribution >= 4 is 23.2 Å². The number of nitrogens with zero attached hydrogens (tertiary/aromatic N) is 2. The Morgan fingerprint density at radius 1 is 1.07 bits per heavy atom. The molecule has 3 aliphatic rings. The fraction of sp³-hybridized carbons (Fsp3) is 0.750. The summed E-state index contributed by atoms with van der Waals surface area (Å²) < 4.78 is 0. The van der Waals surface area contributed by atoms with Gasteiger partial charge in [-0.3, -0.25) is 14.5 Å². The molecular formula is C24H37N3O2S. The maximum Gasteiger partial charge on any atom is 0.242 e. The third kappa shape index (κ3) is 5.08. The molecule has 0 aromatic carbocycles. The third-order valence-electron chi connectivity index (χ3n) is 7.39. The molecule has 1 N–H and O–H groups in total. The minimum Gasteiger partial charge on any atom is -0.352 e. The van der Waals surface area contributed by atoms with Gasteiger partial charge >= 0.3 is 0 Å². The summed E-state index contributed by atoms with van der Waals surface area (Å²) in [6.45, 7) is 5.89. The molecule has 6 heteroatoms. The van der Waals surface area contributed by atoms with Crippen LogP contribution in [0.4, 0.5) is 0 Å². The zero-order valence-corrected chi connectivity index (χ0v) is 19.2. The molecular weight excluding hydrogens is 394 g/mol. The highest BCUT2D eigenvalue weighted by molar-refractivity contribution is 7.10. The Morgan fingerprint density at radius 2 is 1.83 bits per heavy atom. The number of rotatable bonds is 6. The van der Waals surface area contributed by atoms with Crippen LogP contribution in [0.3, 0.4) is 0 Å². The van der Waals surface area contributed by atoms with Gasteiger partial charge in [0.2, 0.25) is 11.8 Å². The lowest BCUT2D eigenvalue weighted by Gasteiger charge is -2.37. The van der Waals surface area contributed by atoms with E-state index in [1.807, 2.05) is 4.90 Å². The van der Waals surface area contributed by atoms with Gasteiger partial charge in [-0.05, 0) is 69.0 Å². The molecule has 1 aromatic heterocycles. The smallest absolute Gasteiger partial charge is 0.242 e. The van der Waals surface area contributed by atoms with Crippen molar-refractivity contribution in [1.82, 2.24) is 15.1 Å². The van der Waals surface area contributed by atoms with Crippen LogP contribution in [0.25, 0.3) is 0 Å². The highest BCUT2D eigenvalue weighted by Crippen LogP contribution is 2.31. The van der Waals surface area contributed by atoms with Gasteiger partial charge in [-0.25, -0.2) is 0 Å². The molecule has 3 fully saturated rings. The van der Waals surface area contributed by atoms with Crippen LogP contribution in [0.15, 0.2) is 17.5 Å². The molecule has 2 saturated heterocycles. The van der Waals surface area contributed by atoms with Crippen molar-refractivity contribution in [2.75, 3.05) is 26.2 Å². The van der Waals surface area contributed by atoms with Crippen LogP contribution in [0.2, 0.25) is 0 Å². The van der Waals surface area contributed by atoms with Gasteiger partial charge in [0.15, 0.2) is 0 Å². The molecule has 1 aliphatic carbocycles. The molecule has 0 bridgehead atoms. The summed E-state index contributed by atoms with van der Waals surface area (Å²) in [5.41, 5.74) is 0. The average Bonchev–Trinajstić information content (AvgIpc) is 3.47. The molecule has 30 heavy (non-hydrogen) atoms. The maximum atomic E-state index is 13.1. The summed E-state index contributed by atoms with van der Waals surface area (Å²) >= 11 is 1.78. The lowest BCUT2D eigenvalue weighted by Crippen LogP contribution is -2.50. The van der Waals surface area contributed by atoms with Crippen molar-refractivity contribution in [3.8, 4) is 0 Å². The Balaban J connectivity index is 1.37. The van der Waals surface area contributed by atoms with Crippen LogP contribution >= 0.6 is 11.3 Å². The van der Waals surface area contributed by atoms with Crippen molar-refractivity contribution < 1.29 is 9.59 Å². The first kappa shape index (κ1) is 21.8. The van der Waals surface area contributed by atoms with Crippen LogP contribution in [0, 0.1) is 11.8 Å². The number of hydrogen-bond acceptors (Lipinski definition) is 4. The average molecular weight is 432 g/mol. The van der Waals surface area contributed by atoms with Crippen molar-refractivity contribution in [2.24, 2.45) is 11.8 Å². The van der Waals surface area contributed by atoms with Crippen molar-refractivity contribution in [2.45, 2.75) is 76.8 Å². The standard InChI is InChI=1S/C24H37N3O2S/c1-18-11-14-26(15-12-18)21(22-10-6-16-30-22)17-25-23(28)20-9-5-13-27(20)24(29)19-7-3-2-4-8-19/h6,10,16,18-21H,2-5,7-9,11-15,17H2,1H3,(H,25,28)/t20-,21+/m1/s1. The topological polar surface area (TPSA) is 52.7 Å². The largest absolute Gasteiger partial charge is 0.352 e. The number of carbonyl (C=O) groups is 2. The van der Waals surface area contributed by atoms with Crippen LogP contribution in [0.1, 0.15) is 75.6 Å². The summed E-state index contributed by atoms with van der Waals surface area (Å²) in [4.78, 5) is 31.9. The Morgan fingerprint density at radius 3 is 2.53 bits per heavy atom. The van der Waals surface area contributed by atoms with Gasteiger partial charge in [-0.2, -0.15) is 0 Å². The molecule has 2 atom stereocenters. The van der Waals surface area contributed by atoms with Crippen LogP contribution in [-0.4, -0.2) is 53.8 Å². The maximum absolute atomic E-state index is 13.1. The molecule has 0 radical (unpaired) electrons. The number of nitrogens with one attached hydrogen (secondary N) is 1. The Labute approximate surface area is 185 Å². The number of amides is 2. The van der Waals surface area contributed by atoms with E-state index in [1.54, 1.807) is 11.3 Å². The predicted octanol–water partition coefficient (Wildman–Crippen LogP) is 4.21. The first-order chi connectivity index (χ1) is 14.6. The van der Waals surface area contributed by atoms with Crippen LogP contribution in [-0.2, 0) is 9.59 Å². The number of carbonyl (C=O) groups excluding carboxylic acids is 2. The van der Waals surface area contributed by atoms with E-state index in [0.29, 0.717) is 6.54 Å². The van der Waals surface area contributed by atoms with Gasteiger partial charge in [-0.15, -0.1) is 11.3 Å². The second-order valence-corrected chi connectivity index (χ2v) is 10.5. The van der Waals surface area contributed by atoms with E-state index < -0.39 is 0 Å². The number of likely N-dealkylation sites (tertiary alicyclic amines) is 2. The minimum atomic E-state index is -0.273. The molecule has 1 aromatic rings. The Kier molecular flexibility index (Phi) is 7.47. The predicted molar refractivity (Wildman–Crippen MR) is 121 cm³/mol. The Bertz CT molecular complexity index is 693. The zero-order chi connectivity index (χ0) is 20.9. The van der Waals surface area contributed by atoms with Gasteiger partial charge in [0.05, 0.1) is 6.04 Å². The highest BCUT2D eigenvalue weighted by atomic mass is 32.1. The van der Waals surface area contributed by atoms with E-state index in [-0.39, 0.29) is 29.8 Å². The third-order valence-corrected chi connectivity index (χ3v) is 8.37. The van der Waals surface area contributed by atoms with Gasteiger partial charge in [0.25, 0.3) is 0 Å². The van der Waals surface area contributed by atoms with E-state index in [2.05, 4.69) is 34.7 Å². The van der Waals surface area contributed by atoms with E-state index in [0.717, 1.165) is 64.1 Å². The van der Waals surface area contributed by atoms with E-state index in [4.69, 9.17) is 0 Å². The number of hydrogen-bond donors (Lipinski definition) is 1. The van der Waals surface area contributed by atoms with Gasteiger partial charge in [0, 0.05) is 23.9 Å². The van der Waals surface area contributed by atoms with Crippen molar-refractivity contribution in [3.05, 3.63) is 22.4 Å². The second kappa shape index (κ2) is 10.3. The quantitative estimate of drug-likeness (QED) is 0.734. The first-order valence-electron chi connectivity index (χ1n) is 12.0. The molecule has 0 unspecified atom stereocenters. The SMILES string of the molecule is CC1CCN([C@@H](CNC(=O)[C@H]2CCCN2C(=O)C2CCCCC2)c2cccs2)CC1. The molecule has 4 rings (SSSR count). The molecule has 0 spiro atoms. The van der Waals surface area contributed by atoms with E-state index in [9.17, 15) is 9.59 Å². The minimum absolute atomic E-state index is 0.0450. The zero-order valence-electron chi connectivity index (χ0n) is 18.4. The van der Waals surface area contributed by atoms with Crippen LogP contribution in [0.5, 0.6) is 0 Å². The fourth-order valence-corrected chi connectivity index (χ4v) is 6.29. The van der Waals surface area contributed by atoms with Gasteiger partial charge < -0.3 is 10.2 Å². The molecule has 2 amide bonds. The van der Waals surface area contributed by atoms with Gasteiger partial charge in [0.1, 0.15) is 6.04 Å². The van der Waals surface area contributed by atoms with Crippen molar-refractivity contribution in [1.29, 1.82) is 0 Å². The highest BCUT2D eigenvalue weighted by Gasteiger charge is 2.37.